The first-order valence-corrected chi connectivity index (χ1v) is 9.56. The largest absolute Gasteiger partial charge is 0.508 e. The molecule has 0 amide bonds. The summed E-state index contributed by atoms with van der Waals surface area (Å²) in [4.78, 5) is 0. The fraction of sp³-hybridized carbons (Fsp3) is 0.714. The summed E-state index contributed by atoms with van der Waals surface area (Å²) >= 11 is 0. The molecule has 0 radical (unpaired) electrons. The average Bonchev–Trinajstić information content (AvgIpc) is 2.50. The van der Waals surface area contributed by atoms with E-state index in [2.05, 4.69) is 20.8 Å². The minimum Gasteiger partial charge on any atom is -0.508 e. The van der Waals surface area contributed by atoms with E-state index in [1.165, 1.54) is 75.3 Å². The minimum absolute atomic E-state index is 0.470. The van der Waals surface area contributed by atoms with E-state index in [-0.39, 0.29) is 0 Å². The van der Waals surface area contributed by atoms with Gasteiger partial charge in [0.25, 0.3) is 0 Å². The third kappa shape index (κ3) is 6.85. The molecule has 0 saturated heterocycles. The zero-order chi connectivity index (χ0) is 16.2. The highest BCUT2D eigenvalue weighted by molar-refractivity contribution is 5.42. The molecule has 22 heavy (non-hydrogen) atoms. The van der Waals surface area contributed by atoms with Crippen molar-refractivity contribution < 1.29 is 5.11 Å². The molecule has 0 unspecified atom stereocenters. The Morgan fingerprint density at radius 1 is 0.636 bits per heavy atom. The van der Waals surface area contributed by atoms with Gasteiger partial charge in [-0.2, -0.15) is 0 Å². The molecule has 1 aromatic rings. The van der Waals surface area contributed by atoms with E-state index >= 15 is 0 Å². The molecule has 1 aromatic carbocycles. The zero-order valence-corrected chi connectivity index (χ0v) is 15.1. The highest BCUT2D eigenvalue weighted by Gasteiger charge is 2.11. The molecular weight excluding hydrogens is 268 g/mol. The van der Waals surface area contributed by atoms with Crippen LogP contribution >= 0.6 is 0 Å². The Morgan fingerprint density at radius 2 is 1.05 bits per heavy atom. The molecule has 0 fully saturated rings. The van der Waals surface area contributed by atoms with Gasteiger partial charge in [-0.1, -0.05) is 59.3 Å². The van der Waals surface area contributed by atoms with Crippen molar-refractivity contribution in [2.24, 2.45) is 0 Å². The number of benzene rings is 1. The van der Waals surface area contributed by atoms with E-state index in [9.17, 15) is 5.11 Å². The van der Waals surface area contributed by atoms with Gasteiger partial charge in [-0.15, -0.1) is 0 Å². The Labute approximate surface area is 138 Å². The second-order valence-electron chi connectivity index (χ2n) is 6.61. The van der Waals surface area contributed by atoms with Gasteiger partial charge < -0.3 is 5.11 Å². The molecule has 0 aliphatic carbocycles. The maximum absolute atomic E-state index is 10.1. The summed E-state index contributed by atoms with van der Waals surface area (Å²) in [7, 11) is 0. The van der Waals surface area contributed by atoms with E-state index in [0.29, 0.717) is 5.75 Å². The lowest BCUT2D eigenvalue weighted by atomic mass is 9.90. The molecule has 1 nitrogen and oxygen atoms in total. The maximum atomic E-state index is 10.1. The molecule has 1 heteroatoms. The normalized spacial score (nSPS) is 11.0. The van der Waals surface area contributed by atoms with Crippen molar-refractivity contribution >= 4 is 0 Å². The van der Waals surface area contributed by atoms with Crippen molar-refractivity contribution in [1.29, 1.82) is 0 Å². The summed E-state index contributed by atoms with van der Waals surface area (Å²) in [6.45, 7) is 6.77. The van der Waals surface area contributed by atoms with Crippen LogP contribution in [0.1, 0.15) is 95.2 Å². The van der Waals surface area contributed by atoms with E-state index in [4.69, 9.17) is 0 Å². The van der Waals surface area contributed by atoms with Crippen LogP contribution in [-0.4, -0.2) is 5.11 Å². The first-order chi connectivity index (χ1) is 10.7. The Hall–Kier alpha value is -0.980. The summed E-state index contributed by atoms with van der Waals surface area (Å²) in [6, 6.07) is 4.06. The molecule has 0 aliphatic heterocycles. The molecule has 0 saturated carbocycles. The fourth-order valence-electron chi connectivity index (χ4n) is 3.23. The van der Waals surface area contributed by atoms with Gasteiger partial charge in [0.1, 0.15) is 5.75 Å². The van der Waals surface area contributed by atoms with Crippen LogP contribution in [0.15, 0.2) is 12.1 Å². The van der Waals surface area contributed by atoms with Crippen LogP contribution in [0.25, 0.3) is 0 Å². The Bertz CT molecular complexity index is 377. The Balaban J connectivity index is 2.88. The molecule has 0 aromatic heterocycles. The van der Waals surface area contributed by atoms with Gasteiger partial charge >= 0.3 is 0 Å². The lowest BCUT2D eigenvalue weighted by molar-refractivity contribution is 0.472. The van der Waals surface area contributed by atoms with Crippen LogP contribution in [0.5, 0.6) is 5.75 Å². The quantitative estimate of drug-likeness (QED) is 0.432. The summed E-state index contributed by atoms with van der Waals surface area (Å²) in [5.74, 6) is 0.470. The van der Waals surface area contributed by atoms with Crippen LogP contribution in [0.4, 0.5) is 0 Å². The summed E-state index contributed by atoms with van der Waals surface area (Å²) in [5.41, 5.74) is 4.38. The molecular formula is C21H36O. The molecule has 0 spiro atoms. The Morgan fingerprint density at radius 3 is 1.45 bits per heavy atom. The SMILES string of the molecule is CCCCCc1cc(O)cc(CCCCC)c1CCCCC. The summed E-state index contributed by atoms with van der Waals surface area (Å²) < 4.78 is 0. The fourth-order valence-corrected chi connectivity index (χ4v) is 3.23. The molecule has 0 heterocycles. The van der Waals surface area contributed by atoms with Gasteiger partial charge in [0, 0.05) is 0 Å². The standard InChI is InChI=1S/C21H36O/c1-4-7-10-13-18-16-20(22)17-19(14-11-8-5-2)21(18)15-12-9-6-3/h16-17,22H,4-15H2,1-3H3. The van der Waals surface area contributed by atoms with Crippen molar-refractivity contribution in [1.82, 2.24) is 0 Å². The maximum Gasteiger partial charge on any atom is 0.116 e. The van der Waals surface area contributed by atoms with E-state index < -0.39 is 0 Å². The highest BCUT2D eigenvalue weighted by Crippen LogP contribution is 2.27. The van der Waals surface area contributed by atoms with E-state index in [0.717, 1.165) is 12.8 Å². The highest BCUT2D eigenvalue weighted by atomic mass is 16.3. The molecule has 1 rings (SSSR count). The van der Waals surface area contributed by atoms with Crippen LogP contribution in [0, 0.1) is 0 Å². The number of phenols is 1. The molecule has 0 bridgehead atoms. The lowest BCUT2D eigenvalue weighted by Crippen LogP contribution is -2.02. The van der Waals surface area contributed by atoms with Crippen molar-refractivity contribution in [2.45, 2.75) is 97.8 Å². The predicted octanol–water partition coefficient (Wildman–Crippen LogP) is 6.59. The minimum atomic E-state index is 0.470. The van der Waals surface area contributed by atoms with Crippen LogP contribution in [0.3, 0.4) is 0 Å². The molecule has 0 aliphatic rings. The van der Waals surface area contributed by atoms with Gasteiger partial charge in [-0.3, -0.25) is 0 Å². The monoisotopic (exact) mass is 304 g/mol. The second kappa shape index (κ2) is 11.6. The number of hydrogen-bond acceptors (Lipinski definition) is 1. The van der Waals surface area contributed by atoms with Crippen LogP contribution in [0.2, 0.25) is 0 Å². The topological polar surface area (TPSA) is 20.2 Å². The molecule has 1 N–H and O–H groups in total. The summed E-state index contributed by atoms with van der Waals surface area (Å²) in [6.07, 6.45) is 14.9. The number of aromatic hydroxyl groups is 1. The second-order valence-corrected chi connectivity index (χ2v) is 6.61. The average molecular weight is 305 g/mol. The van der Waals surface area contributed by atoms with Gasteiger partial charge in [0.15, 0.2) is 0 Å². The van der Waals surface area contributed by atoms with Crippen LogP contribution in [-0.2, 0) is 19.3 Å². The summed E-state index contributed by atoms with van der Waals surface area (Å²) in [5, 5.41) is 10.1. The Kier molecular flexibility index (Phi) is 10.0. The van der Waals surface area contributed by atoms with Gasteiger partial charge in [0.05, 0.1) is 0 Å². The number of aryl methyl sites for hydroxylation is 2. The lowest BCUT2D eigenvalue weighted by Gasteiger charge is -2.16. The molecule has 0 atom stereocenters. The number of unbranched alkanes of at least 4 members (excludes halogenated alkanes) is 6. The van der Waals surface area contributed by atoms with Crippen molar-refractivity contribution in [3.63, 3.8) is 0 Å². The van der Waals surface area contributed by atoms with Crippen molar-refractivity contribution in [3.05, 3.63) is 28.8 Å². The van der Waals surface area contributed by atoms with Gasteiger partial charge in [-0.25, -0.2) is 0 Å². The zero-order valence-electron chi connectivity index (χ0n) is 15.1. The number of phenolic OH excluding ortho intramolecular Hbond substituents is 1. The molecule has 126 valence electrons. The smallest absolute Gasteiger partial charge is 0.116 e. The van der Waals surface area contributed by atoms with Gasteiger partial charge in [0.2, 0.25) is 0 Å². The van der Waals surface area contributed by atoms with Gasteiger partial charge in [-0.05, 0) is 67.3 Å². The number of rotatable bonds is 12. The third-order valence-corrected chi connectivity index (χ3v) is 4.55. The predicted molar refractivity (Wildman–Crippen MR) is 97.8 cm³/mol. The van der Waals surface area contributed by atoms with Crippen molar-refractivity contribution in [2.75, 3.05) is 0 Å². The van der Waals surface area contributed by atoms with E-state index in [1.54, 1.807) is 5.56 Å². The van der Waals surface area contributed by atoms with E-state index in [1.807, 2.05) is 12.1 Å². The number of hydrogen-bond donors (Lipinski definition) is 1. The first-order valence-electron chi connectivity index (χ1n) is 9.56. The van der Waals surface area contributed by atoms with Crippen molar-refractivity contribution in [3.8, 4) is 5.75 Å². The van der Waals surface area contributed by atoms with Crippen LogP contribution < -0.4 is 0 Å². The first kappa shape index (κ1) is 19.1. The third-order valence-electron chi connectivity index (χ3n) is 4.55.